The van der Waals surface area contributed by atoms with Crippen molar-refractivity contribution in [3.63, 3.8) is 0 Å². The second-order valence-electron chi connectivity index (χ2n) is 6.60. The smallest absolute Gasteiger partial charge is 0.266 e. The predicted molar refractivity (Wildman–Crippen MR) is 103 cm³/mol. The molecule has 0 aliphatic carbocycles. The van der Waals surface area contributed by atoms with Crippen LogP contribution >= 0.6 is 11.3 Å². The van der Waals surface area contributed by atoms with Crippen LogP contribution in [0.5, 0.6) is 0 Å². The van der Waals surface area contributed by atoms with Gasteiger partial charge in [0.1, 0.15) is 28.1 Å². The monoisotopic (exact) mass is 388 g/mol. The predicted octanol–water partition coefficient (Wildman–Crippen LogP) is 4.44. The summed E-state index contributed by atoms with van der Waals surface area (Å²) >= 11 is 1.26. The van der Waals surface area contributed by atoms with Crippen LogP contribution < -0.4 is 10.2 Å². The normalized spacial score (nSPS) is 14.1. The van der Waals surface area contributed by atoms with E-state index in [2.05, 4.69) is 20.2 Å². The van der Waals surface area contributed by atoms with Crippen LogP contribution in [0.4, 0.5) is 20.3 Å². The Hall–Kier alpha value is -2.61. The minimum atomic E-state index is -0.810. The number of halogens is 2. The summed E-state index contributed by atoms with van der Waals surface area (Å²) in [5, 5.41) is 3.40. The summed E-state index contributed by atoms with van der Waals surface area (Å²) in [6.07, 6.45) is 2.23. The molecule has 2 aromatic heterocycles. The van der Waals surface area contributed by atoms with Crippen LogP contribution in [0.25, 0.3) is 10.2 Å². The third kappa shape index (κ3) is 3.25. The molecule has 1 aliphatic heterocycles. The van der Waals surface area contributed by atoms with Gasteiger partial charge in [0.05, 0.1) is 16.0 Å². The van der Waals surface area contributed by atoms with Crippen LogP contribution in [0.1, 0.15) is 33.9 Å². The van der Waals surface area contributed by atoms with E-state index in [1.165, 1.54) is 17.4 Å². The number of fused-ring (bicyclic) bond motifs is 1. The lowest BCUT2D eigenvalue weighted by Crippen LogP contribution is -2.20. The minimum absolute atomic E-state index is 0.0553. The lowest BCUT2D eigenvalue weighted by Gasteiger charge is -2.18. The van der Waals surface area contributed by atoms with Crippen LogP contribution in [-0.2, 0) is 0 Å². The topological polar surface area (TPSA) is 58.1 Å². The van der Waals surface area contributed by atoms with Gasteiger partial charge in [0.25, 0.3) is 5.91 Å². The number of carbonyl (C=O) groups excluding carboxylic acids is 1. The number of nitrogens with zero attached hydrogens (tertiary/aromatic N) is 3. The summed E-state index contributed by atoms with van der Waals surface area (Å²) in [6.45, 7) is 5.56. The Morgan fingerprint density at radius 3 is 2.63 bits per heavy atom. The summed E-state index contributed by atoms with van der Waals surface area (Å²) < 4.78 is 26.9. The molecule has 1 fully saturated rings. The number of anilines is 2. The zero-order chi connectivity index (χ0) is 19.1. The molecule has 0 unspecified atom stereocenters. The van der Waals surface area contributed by atoms with Gasteiger partial charge in [-0.2, -0.15) is 0 Å². The molecule has 1 N–H and O–H groups in total. The standard InChI is InChI=1S/C19H18F2N4OS/c1-10-15-17(25-7-3-4-8-25)22-11(2)23-19(15)27-16(10)18(26)24-14-6-5-12(20)9-13(14)21/h5-6,9H,3-4,7-8H2,1-2H3,(H,24,26). The van der Waals surface area contributed by atoms with E-state index in [0.29, 0.717) is 10.7 Å². The molecule has 1 aliphatic rings. The van der Waals surface area contributed by atoms with Crippen LogP contribution in [-0.4, -0.2) is 29.0 Å². The fourth-order valence-corrected chi connectivity index (χ4v) is 4.48. The van der Waals surface area contributed by atoms with E-state index in [9.17, 15) is 13.6 Å². The van der Waals surface area contributed by atoms with Gasteiger partial charge in [-0.3, -0.25) is 4.79 Å². The number of rotatable bonds is 3. The highest BCUT2D eigenvalue weighted by atomic mass is 32.1. The van der Waals surface area contributed by atoms with Gasteiger partial charge in [0.2, 0.25) is 0 Å². The molecular formula is C19H18F2N4OS. The summed E-state index contributed by atoms with van der Waals surface area (Å²) in [5.41, 5.74) is 0.720. The van der Waals surface area contributed by atoms with Crippen LogP contribution in [0.2, 0.25) is 0 Å². The van der Waals surface area contributed by atoms with Crippen molar-refractivity contribution in [1.29, 1.82) is 0 Å². The first-order valence-electron chi connectivity index (χ1n) is 8.73. The van der Waals surface area contributed by atoms with Gasteiger partial charge in [0, 0.05) is 19.2 Å². The average Bonchev–Trinajstić information content (AvgIpc) is 3.25. The number of hydrogen-bond acceptors (Lipinski definition) is 5. The zero-order valence-electron chi connectivity index (χ0n) is 15.0. The molecule has 8 heteroatoms. The molecule has 140 valence electrons. The Bertz CT molecular complexity index is 1040. The van der Waals surface area contributed by atoms with Crippen molar-refractivity contribution in [2.45, 2.75) is 26.7 Å². The van der Waals surface area contributed by atoms with Crippen molar-refractivity contribution in [1.82, 2.24) is 9.97 Å². The molecule has 0 spiro atoms. The third-order valence-corrected chi connectivity index (χ3v) is 5.86. The van der Waals surface area contributed by atoms with Crippen LogP contribution in [0.15, 0.2) is 18.2 Å². The number of thiophene rings is 1. The van der Waals surface area contributed by atoms with Crippen LogP contribution in [0.3, 0.4) is 0 Å². The molecule has 0 bridgehead atoms. The maximum absolute atomic E-state index is 13.9. The van der Waals surface area contributed by atoms with Crippen molar-refractivity contribution in [2.24, 2.45) is 0 Å². The molecule has 0 radical (unpaired) electrons. The van der Waals surface area contributed by atoms with E-state index in [1.807, 2.05) is 13.8 Å². The number of carbonyl (C=O) groups is 1. The van der Waals surface area contributed by atoms with Crippen molar-refractivity contribution in [3.8, 4) is 0 Å². The van der Waals surface area contributed by atoms with Gasteiger partial charge in [-0.1, -0.05) is 0 Å². The van der Waals surface area contributed by atoms with Crippen molar-refractivity contribution < 1.29 is 13.6 Å². The van der Waals surface area contributed by atoms with E-state index in [1.54, 1.807) is 0 Å². The molecule has 27 heavy (non-hydrogen) atoms. The highest BCUT2D eigenvalue weighted by Gasteiger charge is 2.24. The first kappa shape index (κ1) is 17.8. The number of nitrogens with one attached hydrogen (secondary N) is 1. The summed E-state index contributed by atoms with van der Waals surface area (Å²) in [7, 11) is 0. The quantitative estimate of drug-likeness (QED) is 0.721. The fourth-order valence-electron chi connectivity index (χ4n) is 3.37. The summed E-state index contributed by atoms with van der Waals surface area (Å²) in [6, 6.07) is 3.06. The third-order valence-electron chi connectivity index (χ3n) is 4.67. The maximum atomic E-state index is 13.9. The Morgan fingerprint density at radius 1 is 1.19 bits per heavy atom. The highest BCUT2D eigenvalue weighted by molar-refractivity contribution is 7.20. The van der Waals surface area contributed by atoms with E-state index >= 15 is 0 Å². The van der Waals surface area contributed by atoms with Crippen molar-refractivity contribution >= 4 is 39.0 Å². The lowest BCUT2D eigenvalue weighted by molar-refractivity contribution is 0.102. The number of aromatic nitrogens is 2. The summed E-state index contributed by atoms with van der Waals surface area (Å²) in [4.78, 5) is 25.2. The van der Waals surface area contributed by atoms with Crippen LogP contribution in [0, 0.1) is 25.5 Å². The van der Waals surface area contributed by atoms with Gasteiger partial charge in [-0.25, -0.2) is 18.7 Å². The molecule has 5 nitrogen and oxygen atoms in total. The van der Waals surface area contributed by atoms with Crippen molar-refractivity contribution in [3.05, 3.63) is 46.1 Å². The second-order valence-corrected chi connectivity index (χ2v) is 7.60. The molecule has 1 saturated heterocycles. The van der Waals surface area contributed by atoms with E-state index in [4.69, 9.17) is 0 Å². The minimum Gasteiger partial charge on any atom is -0.356 e. The van der Waals surface area contributed by atoms with Gasteiger partial charge in [-0.15, -0.1) is 11.3 Å². The molecule has 1 amide bonds. The SMILES string of the molecule is Cc1nc(N2CCCC2)c2c(C)c(C(=O)Nc3ccc(F)cc3F)sc2n1. The molecular weight excluding hydrogens is 370 g/mol. The average molecular weight is 388 g/mol. The highest BCUT2D eigenvalue weighted by Crippen LogP contribution is 2.37. The molecule has 1 aromatic carbocycles. The molecule has 3 aromatic rings. The molecule has 0 atom stereocenters. The largest absolute Gasteiger partial charge is 0.356 e. The molecule has 0 saturated carbocycles. The second kappa shape index (κ2) is 6.84. The van der Waals surface area contributed by atoms with Gasteiger partial charge in [-0.05, 0) is 44.4 Å². The Kier molecular flexibility index (Phi) is 4.51. The molecule has 3 heterocycles. The summed E-state index contributed by atoms with van der Waals surface area (Å²) in [5.74, 6) is -0.427. The first-order chi connectivity index (χ1) is 12.9. The first-order valence-corrected chi connectivity index (χ1v) is 9.55. The maximum Gasteiger partial charge on any atom is 0.266 e. The van der Waals surface area contributed by atoms with Gasteiger partial charge in [0.15, 0.2) is 0 Å². The van der Waals surface area contributed by atoms with E-state index < -0.39 is 17.5 Å². The Labute approximate surface area is 159 Å². The number of aryl methyl sites for hydroxylation is 2. The number of benzene rings is 1. The van der Waals surface area contributed by atoms with E-state index in [0.717, 1.165) is 59.7 Å². The van der Waals surface area contributed by atoms with Gasteiger partial charge >= 0.3 is 0 Å². The van der Waals surface area contributed by atoms with Crippen molar-refractivity contribution in [2.75, 3.05) is 23.3 Å². The van der Waals surface area contributed by atoms with Gasteiger partial charge < -0.3 is 10.2 Å². The van der Waals surface area contributed by atoms with E-state index in [-0.39, 0.29) is 5.69 Å². The number of amides is 1. The fraction of sp³-hybridized carbons (Fsp3) is 0.316. The number of hydrogen-bond donors (Lipinski definition) is 1. The Morgan fingerprint density at radius 2 is 1.93 bits per heavy atom. The zero-order valence-corrected chi connectivity index (χ0v) is 15.8. The Balaban J connectivity index is 1.75. The lowest BCUT2D eigenvalue weighted by atomic mass is 10.2. The molecule has 4 rings (SSSR count).